The minimum atomic E-state index is -3.61. The van der Waals surface area contributed by atoms with Gasteiger partial charge in [0.05, 0.1) is 16.3 Å². The number of sulfonamides is 2. The molecule has 0 bridgehead atoms. The Morgan fingerprint density at radius 2 is 1.33 bits per heavy atom. The lowest BCUT2D eigenvalue weighted by atomic mass is 10.1. The van der Waals surface area contributed by atoms with E-state index in [0.29, 0.717) is 43.1 Å². The Labute approximate surface area is 213 Å². The molecular weight excluding hydrogens is 502 g/mol. The molecule has 36 heavy (non-hydrogen) atoms. The van der Waals surface area contributed by atoms with Crippen LogP contribution in [-0.2, 0) is 20.0 Å². The SMILES string of the molecule is Cc1ccc(S(=O)(=O)N2CCCC2)cc1C(=O)NCCOc1ccc(S(=O)(=O)N2CCCCC2)cc1. The molecule has 4 rings (SSSR count). The smallest absolute Gasteiger partial charge is 0.251 e. The van der Waals surface area contributed by atoms with Crippen LogP contribution in [0.3, 0.4) is 0 Å². The number of hydrogen-bond donors (Lipinski definition) is 1. The normalized spacial score (nSPS) is 17.7. The first-order valence-corrected chi connectivity index (χ1v) is 15.2. The molecule has 2 fully saturated rings. The highest BCUT2D eigenvalue weighted by Crippen LogP contribution is 2.24. The van der Waals surface area contributed by atoms with Crippen molar-refractivity contribution in [1.29, 1.82) is 0 Å². The predicted molar refractivity (Wildman–Crippen MR) is 136 cm³/mol. The highest BCUT2D eigenvalue weighted by molar-refractivity contribution is 7.89. The number of ether oxygens (including phenoxy) is 1. The topological polar surface area (TPSA) is 113 Å². The molecule has 0 aromatic heterocycles. The van der Waals surface area contributed by atoms with Crippen LogP contribution in [0.15, 0.2) is 52.3 Å². The number of aryl methyl sites for hydroxylation is 1. The molecule has 2 heterocycles. The number of hydrogen-bond acceptors (Lipinski definition) is 6. The summed E-state index contributed by atoms with van der Waals surface area (Å²) in [5.74, 6) is 0.120. The molecule has 0 atom stereocenters. The molecule has 0 spiro atoms. The summed E-state index contributed by atoms with van der Waals surface area (Å²) in [5, 5.41) is 2.76. The third-order valence-corrected chi connectivity index (χ3v) is 10.4. The zero-order chi connectivity index (χ0) is 25.8. The van der Waals surface area contributed by atoms with Gasteiger partial charge in [0.15, 0.2) is 0 Å². The first-order valence-electron chi connectivity index (χ1n) is 12.3. The fourth-order valence-corrected chi connectivity index (χ4v) is 7.54. The quantitative estimate of drug-likeness (QED) is 0.494. The molecule has 1 amide bonds. The van der Waals surface area contributed by atoms with E-state index in [9.17, 15) is 21.6 Å². The lowest BCUT2D eigenvalue weighted by Crippen LogP contribution is -2.35. The molecule has 2 aliphatic rings. The van der Waals surface area contributed by atoms with E-state index in [1.54, 1.807) is 25.1 Å². The van der Waals surface area contributed by atoms with Gasteiger partial charge in [0.1, 0.15) is 12.4 Å². The van der Waals surface area contributed by atoms with Crippen LogP contribution in [0.1, 0.15) is 48.0 Å². The van der Waals surface area contributed by atoms with Gasteiger partial charge in [-0.1, -0.05) is 12.5 Å². The number of nitrogens with one attached hydrogen (secondary N) is 1. The maximum atomic E-state index is 12.8. The highest BCUT2D eigenvalue weighted by Gasteiger charge is 2.28. The average Bonchev–Trinajstić information content (AvgIpc) is 3.44. The van der Waals surface area contributed by atoms with Crippen molar-refractivity contribution in [1.82, 2.24) is 13.9 Å². The lowest BCUT2D eigenvalue weighted by molar-refractivity contribution is 0.0946. The lowest BCUT2D eigenvalue weighted by Gasteiger charge is -2.25. The standard InChI is InChI=1S/C25H33N3O6S2/c1-20-7-10-23(36(32,33)28-16-5-6-17-28)19-24(20)25(29)26-13-18-34-21-8-11-22(12-9-21)35(30,31)27-14-3-2-4-15-27/h7-12,19H,2-6,13-18H2,1H3,(H,26,29). The molecule has 2 saturated heterocycles. The molecule has 196 valence electrons. The minimum absolute atomic E-state index is 0.121. The second-order valence-corrected chi connectivity index (χ2v) is 13.0. The van der Waals surface area contributed by atoms with E-state index in [0.717, 1.165) is 32.1 Å². The van der Waals surface area contributed by atoms with Crippen LogP contribution in [0, 0.1) is 6.92 Å². The van der Waals surface area contributed by atoms with Gasteiger partial charge in [-0.25, -0.2) is 16.8 Å². The van der Waals surface area contributed by atoms with Crippen molar-refractivity contribution < 1.29 is 26.4 Å². The van der Waals surface area contributed by atoms with Gasteiger partial charge in [-0.2, -0.15) is 8.61 Å². The van der Waals surface area contributed by atoms with E-state index in [-0.39, 0.29) is 28.8 Å². The summed E-state index contributed by atoms with van der Waals surface area (Å²) in [6.07, 6.45) is 4.50. The second-order valence-electron chi connectivity index (χ2n) is 9.13. The molecule has 0 aliphatic carbocycles. The number of benzene rings is 2. The van der Waals surface area contributed by atoms with Gasteiger partial charge in [0.2, 0.25) is 20.0 Å². The molecule has 9 nitrogen and oxygen atoms in total. The molecule has 0 saturated carbocycles. The zero-order valence-corrected chi connectivity index (χ0v) is 22.1. The third kappa shape index (κ3) is 5.91. The molecule has 11 heteroatoms. The van der Waals surface area contributed by atoms with Crippen molar-refractivity contribution in [3.05, 3.63) is 53.6 Å². The average molecular weight is 536 g/mol. The van der Waals surface area contributed by atoms with Gasteiger partial charge in [0.25, 0.3) is 5.91 Å². The van der Waals surface area contributed by atoms with Crippen LogP contribution in [-0.4, -0.2) is 70.7 Å². The number of carbonyl (C=O) groups excluding carboxylic acids is 1. The van der Waals surface area contributed by atoms with Crippen molar-refractivity contribution >= 4 is 26.0 Å². The van der Waals surface area contributed by atoms with Gasteiger partial charge >= 0.3 is 0 Å². The van der Waals surface area contributed by atoms with Gasteiger partial charge < -0.3 is 10.1 Å². The number of rotatable bonds is 9. The van der Waals surface area contributed by atoms with E-state index in [1.807, 2.05) is 0 Å². The number of nitrogens with zero attached hydrogens (tertiary/aromatic N) is 2. The number of amides is 1. The first-order chi connectivity index (χ1) is 17.2. The van der Waals surface area contributed by atoms with Gasteiger partial charge in [-0.15, -0.1) is 0 Å². The Kier molecular flexibility index (Phi) is 8.34. The molecular formula is C25H33N3O6S2. The van der Waals surface area contributed by atoms with Crippen LogP contribution in [0.2, 0.25) is 0 Å². The molecule has 2 aliphatic heterocycles. The zero-order valence-electron chi connectivity index (χ0n) is 20.5. The van der Waals surface area contributed by atoms with Gasteiger partial charge in [-0.05, 0) is 74.6 Å². The highest BCUT2D eigenvalue weighted by atomic mass is 32.2. The van der Waals surface area contributed by atoms with Crippen LogP contribution in [0.25, 0.3) is 0 Å². The second kappa shape index (κ2) is 11.3. The number of piperidine rings is 1. The van der Waals surface area contributed by atoms with E-state index in [2.05, 4.69) is 5.32 Å². The summed E-state index contributed by atoms with van der Waals surface area (Å²) in [6, 6.07) is 10.9. The van der Waals surface area contributed by atoms with Crippen LogP contribution < -0.4 is 10.1 Å². The van der Waals surface area contributed by atoms with Gasteiger partial charge in [0, 0.05) is 31.7 Å². The van der Waals surface area contributed by atoms with E-state index in [1.165, 1.54) is 32.9 Å². The maximum Gasteiger partial charge on any atom is 0.251 e. The Hall–Kier alpha value is -2.47. The van der Waals surface area contributed by atoms with Crippen molar-refractivity contribution in [2.24, 2.45) is 0 Å². The Morgan fingerprint density at radius 1 is 0.806 bits per heavy atom. The van der Waals surface area contributed by atoms with Crippen molar-refractivity contribution in [3.8, 4) is 5.75 Å². The van der Waals surface area contributed by atoms with E-state index >= 15 is 0 Å². The van der Waals surface area contributed by atoms with Crippen LogP contribution in [0.4, 0.5) is 0 Å². The van der Waals surface area contributed by atoms with E-state index in [4.69, 9.17) is 4.74 Å². The van der Waals surface area contributed by atoms with Crippen LogP contribution in [0.5, 0.6) is 5.75 Å². The van der Waals surface area contributed by atoms with E-state index < -0.39 is 20.0 Å². The summed E-state index contributed by atoms with van der Waals surface area (Å²) in [7, 11) is -7.11. The summed E-state index contributed by atoms with van der Waals surface area (Å²) in [5.41, 5.74) is 0.988. The monoisotopic (exact) mass is 535 g/mol. The molecule has 1 N–H and O–H groups in total. The molecule has 2 aromatic rings. The van der Waals surface area contributed by atoms with Crippen LogP contribution >= 0.6 is 0 Å². The summed E-state index contributed by atoms with van der Waals surface area (Å²) in [4.78, 5) is 13.1. The molecule has 0 radical (unpaired) electrons. The predicted octanol–water partition coefficient (Wildman–Crippen LogP) is 2.76. The fourth-order valence-electron chi connectivity index (χ4n) is 4.47. The minimum Gasteiger partial charge on any atom is -0.492 e. The third-order valence-electron chi connectivity index (χ3n) is 6.59. The number of carbonyl (C=O) groups is 1. The maximum absolute atomic E-state index is 12.8. The summed E-state index contributed by atoms with van der Waals surface area (Å²) >= 11 is 0. The fraction of sp³-hybridized carbons (Fsp3) is 0.480. The van der Waals surface area contributed by atoms with Crippen molar-refractivity contribution in [2.45, 2.75) is 48.8 Å². The molecule has 0 unspecified atom stereocenters. The van der Waals surface area contributed by atoms with Crippen molar-refractivity contribution in [3.63, 3.8) is 0 Å². The van der Waals surface area contributed by atoms with Crippen molar-refractivity contribution in [2.75, 3.05) is 39.3 Å². The molecule has 2 aromatic carbocycles. The summed E-state index contributed by atoms with van der Waals surface area (Å²) < 4.78 is 59.8. The first kappa shape index (κ1) is 26.6. The Morgan fingerprint density at radius 3 is 1.94 bits per heavy atom. The largest absolute Gasteiger partial charge is 0.492 e. The Balaban J connectivity index is 1.31. The van der Waals surface area contributed by atoms with Gasteiger partial charge in [-0.3, -0.25) is 4.79 Å². The summed E-state index contributed by atoms with van der Waals surface area (Å²) in [6.45, 7) is 4.24. The Bertz CT molecular complexity index is 1280.